The molecule has 0 radical (unpaired) electrons. The third kappa shape index (κ3) is 4.11. The lowest BCUT2D eigenvalue weighted by Gasteiger charge is -2.31. The molecule has 0 aliphatic carbocycles. The summed E-state index contributed by atoms with van der Waals surface area (Å²) >= 11 is 5.98. The van der Waals surface area contributed by atoms with Crippen LogP contribution < -0.4 is 11.1 Å². The highest BCUT2D eigenvalue weighted by Crippen LogP contribution is 2.18. The number of carbonyl (C=O) groups is 1. The maximum absolute atomic E-state index is 12.1. The Kier molecular flexibility index (Phi) is 4.66. The third-order valence-electron chi connectivity index (χ3n) is 3.30. The molecule has 0 aromatic heterocycles. The highest BCUT2D eigenvalue weighted by atomic mass is 35.5. The molecule has 2 rings (SSSR count). The van der Waals surface area contributed by atoms with Crippen LogP contribution in [0.15, 0.2) is 18.2 Å². The van der Waals surface area contributed by atoms with Crippen LogP contribution in [0.5, 0.6) is 0 Å². The van der Waals surface area contributed by atoms with Crippen LogP contribution in [0.25, 0.3) is 0 Å². The molecule has 1 aliphatic heterocycles. The van der Waals surface area contributed by atoms with Crippen molar-refractivity contribution in [3.63, 3.8) is 0 Å². The minimum absolute atomic E-state index is 0.0905. The van der Waals surface area contributed by atoms with Crippen LogP contribution in [0, 0.1) is 6.92 Å². The topological polar surface area (TPSA) is 58.4 Å². The summed E-state index contributed by atoms with van der Waals surface area (Å²) in [6.07, 6.45) is 1.99. The Bertz CT molecular complexity index is 444. The molecular weight excluding hydrogens is 262 g/mol. The van der Waals surface area contributed by atoms with Crippen molar-refractivity contribution in [3.8, 4) is 0 Å². The largest absolute Gasteiger partial charge is 0.376 e. The number of carbonyl (C=O) groups excluding carboxylic acids is 1. The van der Waals surface area contributed by atoms with E-state index < -0.39 is 0 Å². The Hall–Kier alpha value is -1.26. The summed E-state index contributed by atoms with van der Waals surface area (Å²) in [6.45, 7) is 3.73. The highest BCUT2D eigenvalue weighted by molar-refractivity contribution is 6.30. The molecule has 1 aliphatic rings. The molecule has 104 valence electrons. The van der Waals surface area contributed by atoms with Gasteiger partial charge in [-0.2, -0.15) is 0 Å². The lowest BCUT2D eigenvalue weighted by molar-refractivity contribution is -0.130. The summed E-state index contributed by atoms with van der Waals surface area (Å²) in [5, 5.41) is 3.80. The minimum atomic E-state index is 0.0905. The summed E-state index contributed by atoms with van der Waals surface area (Å²) in [5.74, 6) is 0.0905. The summed E-state index contributed by atoms with van der Waals surface area (Å²) in [6, 6.07) is 5.80. The molecule has 0 spiro atoms. The summed E-state index contributed by atoms with van der Waals surface area (Å²) in [4.78, 5) is 13.9. The molecule has 3 N–H and O–H groups in total. The van der Waals surface area contributed by atoms with Crippen molar-refractivity contribution >= 4 is 23.2 Å². The lowest BCUT2D eigenvalue weighted by atomic mass is 10.1. The fourth-order valence-corrected chi connectivity index (χ4v) is 2.65. The number of nitrogens with one attached hydrogen (secondary N) is 1. The average molecular weight is 282 g/mol. The van der Waals surface area contributed by atoms with Crippen LogP contribution in [-0.4, -0.2) is 36.5 Å². The number of nitrogens with two attached hydrogens (primary N) is 1. The molecule has 0 bridgehead atoms. The number of benzene rings is 1. The molecule has 4 nitrogen and oxygen atoms in total. The zero-order valence-corrected chi connectivity index (χ0v) is 11.9. The molecule has 1 amide bonds. The van der Waals surface area contributed by atoms with Crippen molar-refractivity contribution in [3.05, 3.63) is 28.8 Å². The smallest absolute Gasteiger partial charge is 0.241 e. The molecule has 1 saturated heterocycles. The molecule has 1 heterocycles. The Morgan fingerprint density at radius 3 is 3.00 bits per heavy atom. The monoisotopic (exact) mass is 281 g/mol. The van der Waals surface area contributed by atoms with Gasteiger partial charge >= 0.3 is 0 Å². The zero-order chi connectivity index (χ0) is 13.8. The number of likely N-dealkylation sites (tertiary alicyclic amines) is 1. The molecular formula is C14H20ClN3O. The highest BCUT2D eigenvalue weighted by Gasteiger charge is 2.20. The van der Waals surface area contributed by atoms with E-state index in [9.17, 15) is 4.79 Å². The van der Waals surface area contributed by atoms with Crippen molar-refractivity contribution in [2.75, 3.05) is 25.0 Å². The minimum Gasteiger partial charge on any atom is -0.376 e. The van der Waals surface area contributed by atoms with Gasteiger partial charge in [0.25, 0.3) is 0 Å². The van der Waals surface area contributed by atoms with E-state index in [4.69, 9.17) is 17.3 Å². The fourth-order valence-electron chi connectivity index (χ4n) is 2.36. The van der Waals surface area contributed by atoms with Crippen LogP contribution in [0.4, 0.5) is 5.69 Å². The number of piperidine rings is 1. The molecule has 1 aromatic rings. The lowest BCUT2D eigenvalue weighted by Crippen LogP contribution is -2.47. The van der Waals surface area contributed by atoms with Gasteiger partial charge < -0.3 is 16.0 Å². The Morgan fingerprint density at radius 2 is 2.32 bits per heavy atom. The number of amides is 1. The Labute approximate surface area is 118 Å². The van der Waals surface area contributed by atoms with E-state index in [1.54, 1.807) is 0 Å². The number of hydrogen-bond acceptors (Lipinski definition) is 3. The Morgan fingerprint density at radius 1 is 1.53 bits per heavy atom. The van der Waals surface area contributed by atoms with Gasteiger partial charge in [-0.15, -0.1) is 0 Å². The van der Waals surface area contributed by atoms with Gasteiger partial charge in [-0.1, -0.05) is 11.6 Å². The van der Waals surface area contributed by atoms with E-state index in [2.05, 4.69) is 5.32 Å². The van der Waals surface area contributed by atoms with E-state index in [1.165, 1.54) is 0 Å². The van der Waals surface area contributed by atoms with E-state index in [-0.39, 0.29) is 18.5 Å². The zero-order valence-electron chi connectivity index (χ0n) is 11.2. The van der Waals surface area contributed by atoms with Gasteiger partial charge in [0, 0.05) is 29.8 Å². The van der Waals surface area contributed by atoms with Gasteiger partial charge in [0.2, 0.25) is 5.91 Å². The second-order valence-corrected chi connectivity index (χ2v) is 5.55. The molecule has 1 unspecified atom stereocenters. The molecule has 1 aromatic carbocycles. The second kappa shape index (κ2) is 6.26. The van der Waals surface area contributed by atoms with Gasteiger partial charge in [0.15, 0.2) is 0 Å². The van der Waals surface area contributed by atoms with E-state index in [0.29, 0.717) is 11.6 Å². The predicted octanol–water partition coefficient (Wildman–Crippen LogP) is 2.01. The van der Waals surface area contributed by atoms with Crippen molar-refractivity contribution in [1.82, 2.24) is 4.90 Å². The Balaban J connectivity index is 1.89. The van der Waals surface area contributed by atoms with Gasteiger partial charge in [-0.3, -0.25) is 4.79 Å². The molecule has 19 heavy (non-hydrogen) atoms. The van der Waals surface area contributed by atoms with Gasteiger partial charge in [-0.25, -0.2) is 0 Å². The quantitative estimate of drug-likeness (QED) is 0.891. The van der Waals surface area contributed by atoms with E-state index >= 15 is 0 Å². The van der Waals surface area contributed by atoms with Crippen LogP contribution in [0.3, 0.4) is 0 Å². The number of nitrogens with zero attached hydrogens (tertiary/aromatic N) is 1. The van der Waals surface area contributed by atoms with Crippen molar-refractivity contribution in [1.29, 1.82) is 0 Å². The van der Waals surface area contributed by atoms with Crippen LogP contribution in [0.2, 0.25) is 5.02 Å². The summed E-state index contributed by atoms with van der Waals surface area (Å²) < 4.78 is 0. The maximum atomic E-state index is 12.1. The van der Waals surface area contributed by atoms with Crippen LogP contribution in [-0.2, 0) is 4.79 Å². The first-order valence-electron chi connectivity index (χ1n) is 6.59. The first-order chi connectivity index (χ1) is 9.04. The maximum Gasteiger partial charge on any atom is 0.241 e. The van der Waals surface area contributed by atoms with E-state index in [0.717, 1.165) is 30.6 Å². The number of rotatable bonds is 3. The first-order valence-corrected chi connectivity index (χ1v) is 6.97. The first kappa shape index (κ1) is 14.2. The SMILES string of the molecule is Cc1cc(Cl)cc(NCC(=O)N2CCCC(N)C2)c1. The van der Waals surface area contributed by atoms with Crippen LogP contribution in [0.1, 0.15) is 18.4 Å². The number of anilines is 1. The molecule has 1 fully saturated rings. The summed E-state index contributed by atoms with van der Waals surface area (Å²) in [7, 11) is 0. The fraction of sp³-hybridized carbons (Fsp3) is 0.500. The van der Waals surface area contributed by atoms with Gasteiger partial charge in [-0.05, 0) is 43.5 Å². The predicted molar refractivity (Wildman–Crippen MR) is 78.5 cm³/mol. The molecule has 1 atom stereocenters. The van der Waals surface area contributed by atoms with Crippen molar-refractivity contribution < 1.29 is 4.79 Å². The van der Waals surface area contributed by atoms with Crippen molar-refractivity contribution in [2.24, 2.45) is 5.73 Å². The van der Waals surface area contributed by atoms with E-state index in [1.807, 2.05) is 30.0 Å². The number of halogens is 1. The second-order valence-electron chi connectivity index (χ2n) is 5.11. The molecule has 5 heteroatoms. The standard InChI is InChI=1S/C14H20ClN3O/c1-10-5-11(15)7-13(6-10)17-8-14(19)18-4-2-3-12(16)9-18/h5-7,12,17H,2-4,8-9,16H2,1H3. The van der Waals surface area contributed by atoms with Gasteiger partial charge in [0.1, 0.15) is 0 Å². The van der Waals surface area contributed by atoms with Gasteiger partial charge in [0.05, 0.1) is 6.54 Å². The molecule has 0 saturated carbocycles. The normalized spacial score (nSPS) is 19.3. The average Bonchev–Trinajstić information content (AvgIpc) is 2.35. The number of hydrogen-bond donors (Lipinski definition) is 2. The number of aryl methyl sites for hydroxylation is 1. The summed E-state index contributed by atoms with van der Waals surface area (Å²) in [5.41, 5.74) is 7.82. The van der Waals surface area contributed by atoms with Crippen molar-refractivity contribution in [2.45, 2.75) is 25.8 Å². The van der Waals surface area contributed by atoms with Crippen LogP contribution >= 0.6 is 11.6 Å². The third-order valence-corrected chi connectivity index (χ3v) is 3.51.